The Morgan fingerprint density at radius 2 is 1.97 bits per heavy atom. The van der Waals surface area contributed by atoms with Crippen molar-refractivity contribution in [2.24, 2.45) is 0 Å². The molecule has 1 aromatic carbocycles. The van der Waals surface area contributed by atoms with Crippen LogP contribution in [0, 0.1) is 6.92 Å². The van der Waals surface area contributed by atoms with Crippen LogP contribution in [0.25, 0.3) is 22.4 Å². The van der Waals surface area contributed by atoms with Crippen molar-refractivity contribution in [1.29, 1.82) is 0 Å². The number of benzene rings is 1. The van der Waals surface area contributed by atoms with E-state index in [0.717, 1.165) is 11.8 Å². The van der Waals surface area contributed by atoms with Gasteiger partial charge in [0, 0.05) is 30.6 Å². The number of nitrogens with zero attached hydrogens (tertiary/aromatic N) is 6. The number of hydrogen-bond donors (Lipinski definition) is 0. The first-order valence-electron chi connectivity index (χ1n) is 12.4. The number of aromatic nitrogens is 5. The highest BCUT2D eigenvalue weighted by atomic mass is 35.5. The van der Waals surface area contributed by atoms with Crippen LogP contribution >= 0.6 is 11.6 Å². The third kappa shape index (κ3) is 4.80. The summed E-state index contributed by atoms with van der Waals surface area (Å²) in [5.74, 6) is 0.664. The second-order valence-corrected chi connectivity index (χ2v) is 9.97. The largest absolute Gasteiger partial charge is 0.488 e. The van der Waals surface area contributed by atoms with E-state index in [1.54, 1.807) is 30.0 Å². The third-order valence-corrected chi connectivity index (χ3v) is 7.25. The molecule has 4 aromatic rings. The Morgan fingerprint density at radius 1 is 1.18 bits per heavy atom. The van der Waals surface area contributed by atoms with E-state index in [1.165, 1.54) is 10.6 Å². The molecule has 1 amide bonds. The van der Waals surface area contributed by atoms with Gasteiger partial charge < -0.3 is 14.4 Å². The number of hydrogen-bond acceptors (Lipinski definition) is 7. The van der Waals surface area contributed by atoms with Crippen LogP contribution in [0.4, 0.5) is 13.6 Å². The number of pyridine rings is 1. The lowest BCUT2D eigenvalue weighted by Crippen LogP contribution is -2.44. The fraction of sp³-hybridized carbons (Fsp3) is 0.346. The van der Waals surface area contributed by atoms with Crippen LogP contribution < -0.4 is 10.3 Å². The SMILES string of the molecule is Cc1nc2nc(-c3ccn(C(F)F)n3)c(O[C@H]3CCN4C(=O)OC[C@@H]4C3)cc2c(=O)n1Cc1ccc(Cl)cc1. The van der Waals surface area contributed by atoms with Gasteiger partial charge in [0.15, 0.2) is 5.65 Å². The highest BCUT2D eigenvalue weighted by Gasteiger charge is 2.39. The van der Waals surface area contributed by atoms with E-state index in [4.69, 9.17) is 21.1 Å². The van der Waals surface area contributed by atoms with Gasteiger partial charge in [0.1, 0.15) is 35.7 Å². The first-order valence-corrected chi connectivity index (χ1v) is 12.7. The van der Waals surface area contributed by atoms with Crippen molar-refractivity contribution in [3.05, 3.63) is 69.4 Å². The van der Waals surface area contributed by atoms with Crippen LogP contribution in [-0.4, -0.2) is 60.6 Å². The summed E-state index contributed by atoms with van der Waals surface area (Å²) in [5, 5.41) is 4.77. The van der Waals surface area contributed by atoms with E-state index in [1.807, 2.05) is 12.1 Å². The van der Waals surface area contributed by atoms with Gasteiger partial charge in [-0.25, -0.2) is 19.4 Å². The Bertz CT molecular complexity index is 1620. The van der Waals surface area contributed by atoms with Crippen molar-refractivity contribution in [2.75, 3.05) is 13.2 Å². The maximum atomic E-state index is 13.6. The lowest BCUT2D eigenvalue weighted by Gasteiger charge is -2.32. The quantitative estimate of drug-likeness (QED) is 0.346. The van der Waals surface area contributed by atoms with Gasteiger partial charge in [-0.1, -0.05) is 23.7 Å². The molecule has 2 aliphatic heterocycles. The third-order valence-electron chi connectivity index (χ3n) is 7.00. The Morgan fingerprint density at radius 3 is 2.72 bits per heavy atom. The average Bonchev–Trinajstić information content (AvgIpc) is 3.55. The van der Waals surface area contributed by atoms with Gasteiger partial charge in [-0.15, -0.1) is 0 Å². The number of aryl methyl sites for hydroxylation is 1. The predicted octanol–water partition coefficient (Wildman–Crippen LogP) is 4.42. The van der Waals surface area contributed by atoms with Gasteiger partial charge in [-0.3, -0.25) is 9.36 Å². The molecule has 2 saturated heterocycles. The molecular weight excluding hydrogens is 534 g/mol. The van der Waals surface area contributed by atoms with E-state index in [2.05, 4.69) is 15.1 Å². The zero-order chi connectivity index (χ0) is 27.3. The second kappa shape index (κ2) is 9.92. The minimum Gasteiger partial charge on any atom is -0.488 e. The number of rotatable bonds is 6. The lowest BCUT2D eigenvalue weighted by atomic mass is 10.0. The summed E-state index contributed by atoms with van der Waals surface area (Å²) in [6.45, 7) is -0.117. The van der Waals surface area contributed by atoms with Gasteiger partial charge in [-0.05, 0) is 36.8 Å². The molecule has 13 heteroatoms. The van der Waals surface area contributed by atoms with E-state index >= 15 is 0 Å². The fourth-order valence-corrected chi connectivity index (χ4v) is 5.11. The summed E-state index contributed by atoms with van der Waals surface area (Å²) in [7, 11) is 0. The molecule has 3 aromatic heterocycles. The number of halogens is 3. The average molecular weight is 557 g/mol. The van der Waals surface area contributed by atoms with Crippen LogP contribution in [0.5, 0.6) is 5.75 Å². The number of cyclic esters (lactones) is 1. The summed E-state index contributed by atoms with van der Waals surface area (Å²) >= 11 is 6.00. The summed E-state index contributed by atoms with van der Waals surface area (Å²) < 4.78 is 40.1. The number of carbonyl (C=O) groups is 1. The maximum absolute atomic E-state index is 13.6. The Labute approximate surface area is 225 Å². The molecule has 0 saturated carbocycles. The van der Waals surface area contributed by atoms with Crippen LogP contribution in [0.1, 0.15) is 30.8 Å². The molecular formula is C26H23ClF2N6O4. The molecule has 202 valence electrons. The summed E-state index contributed by atoms with van der Waals surface area (Å²) in [5.41, 5.74) is 1.06. The van der Waals surface area contributed by atoms with Crippen molar-refractivity contribution < 1.29 is 23.0 Å². The van der Waals surface area contributed by atoms with Crippen LogP contribution in [0.15, 0.2) is 47.4 Å². The minimum atomic E-state index is -2.83. The van der Waals surface area contributed by atoms with Crippen LogP contribution in [0.2, 0.25) is 5.02 Å². The number of carbonyl (C=O) groups excluding carboxylic acids is 1. The van der Waals surface area contributed by atoms with Crippen molar-refractivity contribution >= 4 is 28.7 Å². The Hall–Kier alpha value is -4.06. The lowest BCUT2D eigenvalue weighted by molar-refractivity contribution is 0.0568. The topological polar surface area (TPSA) is 104 Å². The second-order valence-electron chi connectivity index (χ2n) is 9.53. The first-order chi connectivity index (χ1) is 18.8. The molecule has 2 aliphatic rings. The van der Waals surface area contributed by atoms with E-state index in [-0.39, 0.29) is 65.1 Å². The highest BCUT2D eigenvalue weighted by Crippen LogP contribution is 2.34. The normalized spacial score (nSPS) is 19.0. The van der Waals surface area contributed by atoms with E-state index in [9.17, 15) is 18.4 Å². The van der Waals surface area contributed by atoms with Gasteiger partial charge in [0.2, 0.25) is 0 Å². The molecule has 10 nitrogen and oxygen atoms in total. The molecule has 0 radical (unpaired) electrons. The van der Waals surface area contributed by atoms with Gasteiger partial charge in [-0.2, -0.15) is 13.9 Å². The Kier molecular flexibility index (Phi) is 6.42. The maximum Gasteiger partial charge on any atom is 0.410 e. The van der Waals surface area contributed by atoms with Crippen LogP contribution in [0.3, 0.4) is 0 Å². The first kappa shape index (κ1) is 25.2. The van der Waals surface area contributed by atoms with E-state index < -0.39 is 6.55 Å². The molecule has 0 bridgehead atoms. The van der Waals surface area contributed by atoms with Gasteiger partial charge in [0.25, 0.3) is 5.56 Å². The number of piperidine rings is 1. The molecule has 2 atom stereocenters. The molecule has 0 unspecified atom stereocenters. The summed E-state index contributed by atoms with van der Waals surface area (Å²) in [4.78, 5) is 36.3. The molecule has 6 rings (SSSR count). The number of alkyl halides is 2. The van der Waals surface area contributed by atoms with Gasteiger partial charge >= 0.3 is 12.6 Å². The molecule has 5 heterocycles. The molecule has 0 N–H and O–H groups in total. The van der Waals surface area contributed by atoms with Gasteiger partial charge in [0.05, 0.1) is 18.0 Å². The summed E-state index contributed by atoms with van der Waals surface area (Å²) in [6.07, 6.45) is 1.54. The highest BCUT2D eigenvalue weighted by molar-refractivity contribution is 6.30. The fourth-order valence-electron chi connectivity index (χ4n) is 4.99. The number of amides is 1. The standard InChI is InChI=1S/C26H23ClF2N6O4/c1-14-30-23-19(24(36)34(14)12-15-2-4-16(27)5-3-15)11-21(22(31-23)20-7-9-35(32-20)25(28)29)39-18-6-8-33-17(10-18)13-38-26(33)37/h2-5,7,9,11,17-18,25H,6,8,10,12-13H2,1H3/t17-,18-/m0/s1. The monoisotopic (exact) mass is 556 g/mol. The smallest absolute Gasteiger partial charge is 0.410 e. The van der Waals surface area contributed by atoms with Crippen molar-refractivity contribution in [3.63, 3.8) is 0 Å². The van der Waals surface area contributed by atoms with Crippen molar-refractivity contribution in [2.45, 2.75) is 45.0 Å². The minimum absolute atomic E-state index is 0.118. The molecule has 2 fully saturated rings. The number of fused-ring (bicyclic) bond motifs is 2. The van der Waals surface area contributed by atoms with Crippen molar-refractivity contribution in [1.82, 2.24) is 29.2 Å². The molecule has 0 spiro atoms. The molecule has 39 heavy (non-hydrogen) atoms. The Balaban J connectivity index is 1.41. The number of ether oxygens (including phenoxy) is 2. The predicted molar refractivity (Wildman–Crippen MR) is 137 cm³/mol. The summed E-state index contributed by atoms with van der Waals surface area (Å²) in [6, 6.07) is 10.0. The zero-order valence-corrected chi connectivity index (χ0v) is 21.5. The van der Waals surface area contributed by atoms with Crippen molar-refractivity contribution in [3.8, 4) is 17.1 Å². The molecule has 0 aliphatic carbocycles. The van der Waals surface area contributed by atoms with E-state index in [0.29, 0.717) is 34.9 Å². The van der Waals surface area contributed by atoms with Crippen LogP contribution in [-0.2, 0) is 11.3 Å². The zero-order valence-electron chi connectivity index (χ0n) is 20.8.